The van der Waals surface area contributed by atoms with Crippen LogP contribution in [0.1, 0.15) is 48.3 Å². The van der Waals surface area contributed by atoms with Crippen LogP contribution in [0.25, 0.3) is 0 Å². The average molecular weight is 267 g/mol. The summed E-state index contributed by atoms with van der Waals surface area (Å²) in [6.45, 7) is 7.02. The van der Waals surface area contributed by atoms with Gasteiger partial charge in [0, 0.05) is 0 Å². The monoisotopic (exact) mass is 267 g/mol. The summed E-state index contributed by atoms with van der Waals surface area (Å²) in [4.78, 5) is 24.0. The zero-order valence-electron chi connectivity index (χ0n) is 11.8. The number of carbonyl (C=O) groups excluding carboxylic acids is 1. The van der Waals surface area contributed by atoms with Crippen molar-refractivity contribution in [1.82, 2.24) is 15.5 Å². The minimum absolute atomic E-state index is 0.0622. The molecule has 0 aliphatic carbocycles. The third kappa shape index (κ3) is 3.01. The first-order valence-electron chi connectivity index (χ1n) is 6.40. The molecular weight excluding hydrogens is 246 g/mol. The Hall–Kier alpha value is -1.69. The number of H-pyrrole nitrogens is 1. The molecular formula is C13H21N3O3. The zero-order chi connectivity index (χ0) is 14.6. The number of aromatic nitrogens is 2. The summed E-state index contributed by atoms with van der Waals surface area (Å²) in [6.07, 6.45) is 1.18. The lowest BCUT2D eigenvalue weighted by atomic mass is 9.93. The fourth-order valence-corrected chi connectivity index (χ4v) is 1.89. The van der Waals surface area contributed by atoms with Gasteiger partial charge in [-0.05, 0) is 32.3 Å². The van der Waals surface area contributed by atoms with Crippen LogP contribution < -0.4 is 10.9 Å². The third-order valence-electron chi connectivity index (χ3n) is 3.73. The van der Waals surface area contributed by atoms with Crippen LogP contribution >= 0.6 is 0 Å². The van der Waals surface area contributed by atoms with Crippen LogP contribution in [0.3, 0.4) is 0 Å². The Balaban J connectivity index is 3.15. The molecule has 0 fully saturated rings. The Bertz CT molecular complexity index is 510. The molecule has 0 aliphatic rings. The number of amides is 1. The molecule has 0 unspecified atom stereocenters. The molecule has 0 spiro atoms. The summed E-state index contributed by atoms with van der Waals surface area (Å²) in [5.74, 6) is -0.470. The van der Waals surface area contributed by atoms with E-state index in [1.807, 2.05) is 13.8 Å². The SMILES string of the molecule is CCC(CC)(CO)NC(=O)c1c(C)c(C)n[nH]c1=O. The van der Waals surface area contributed by atoms with Gasteiger partial charge in [-0.3, -0.25) is 9.59 Å². The second-order valence-corrected chi connectivity index (χ2v) is 4.74. The lowest BCUT2D eigenvalue weighted by Crippen LogP contribution is -2.51. The van der Waals surface area contributed by atoms with E-state index in [-0.39, 0.29) is 12.2 Å². The van der Waals surface area contributed by atoms with Crippen molar-refractivity contribution < 1.29 is 9.90 Å². The first-order valence-corrected chi connectivity index (χ1v) is 6.40. The summed E-state index contributed by atoms with van der Waals surface area (Å²) in [6, 6.07) is 0. The molecule has 6 heteroatoms. The van der Waals surface area contributed by atoms with Crippen LogP contribution in [-0.4, -0.2) is 33.4 Å². The number of aryl methyl sites for hydroxylation is 1. The van der Waals surface area contributed by atoms with Gasteiger partial charge in [0.25, 0.3) is 11.5 Å². The summed E-state index contributed by atoms with van der Waals surface area (Å²) in [7, 11) is 0. The molecule has 0 saturated carbocycles. The van der Waals surface area contributed by atoms with Crippen LogP contribution in [-0.2, 0) is 0 Å². The predicted octanol–water partition coefficient (Wildman–Crippen LogP) is 0.668. The van der Waals surface area contributed by atoms with Crippen LogP contribution in [0.15, 0.2) is 4.79 Å². The Kier molecular flexibility index (Phi) is 4.83. The molecule has 0 atom stereocenters. The van der Waals surface area contributed by atoms with E-state index in [1.165, 1.54) is 0 Å². The van der Waals surface area contributed by atoms with Gasteiger partial charge in [0.1, 0.15) is 5.56 Å². The van der Waals surface area contributed by atoms with Crippen molar-refractivity contribution in [3.63, 3.8) is 0 Å². The number of carbonyl (C=O) groups is 1. The Morgan fingerprint density at radius 3 is 2.42 bits per heavy atom. The maximum atomic E-state index is 12.3. The highest BCUT2D eigenvalue weighted by molar-refractivity contribution is 5.95. The molecule has 6 nitrogen and oxygen atoms in total. The van der Waals surface area contributed by atoms with Crippen molar-refractivity contribution in [1.29, 1.82) is 0 Å². The quantitative estimate of drug-likeness (QED) is 0.730. The van der Waals surface area contributed by atoms with E-state index < -0.39 is 17.0 Å². The third-order valence-corrected chi connectivity index (χ3v) is 3.73. The van der Waals surface area contributed by atoms with Crippen molar-refractivity contribution in [2.45, 2.75) is 46.1 Å². The van der Waals surface area contributed by atoms with Crippen molar-refractivity contribution in [2.24, 2.45) is 0 Å². The van der Waals surface area contributed by atoms with Gasteiger partial charge in [0.05, 0.1) is 17.8 Å². The highest BCUT2D eigenvalue weighted by Crippen LogP contribution is 2.15. The number of aliphatic hydroxyl groups excluding tert-OH is 1. The van der Waals surface area contributed by atoms with Gasteiger partial charge in [0.15, 0.2) is 0 Å². The first-order chi connectivity index (χ1) is 8.90. The standard InChI is InChI=1S/C13H21N3O3/c1-5-13(6-2,7-17)14-11(18)10-8(3)9(4)15-16-12(10)19/h17H,5-7H2,1-4H3,(H,14,18)(H,16,19). The van der Waals surface area contributed by atoms with Gasteiger partial charge in [0.2, 0.25) is 0 Å². The molecule has 0 saturated heterocycles. The molecule has 0 bridgehead atoms. The van der Waals surface area contributed by atoms with E-state index in [4.69, 9.17) is 0 Å². The van der Waals surface area contributed by atoms with Crippen molar-refractivity contribution in [3.8, 4) is 0 Å². The van der Waals surface area contributed by atoms with Crippen LogP contribution in [0.2, 0.25) is 0 Å². The molecule has 106 valence electrons. The van der Waals surface area contributed by atoms with E-state index in [9.17, 15) is 14.7 Å². The van der Waals surface area contributed by atoms with Gasteiger partial charge >= 0.3 is 0 Å². The van der Waals surface area contributed by atoms with E-state index in [1.54, 1.807) is 13.8 Å². The van der Waals surface area contributed by atoms with E-state index >= 15 is 0 Å². The second-order valence-electron chi connectivity index (χ2n) is 4.74. The predicted molar refractivity (Wildman–Crippen MR) is 72.2 cm³/mol. The molecule has 3 N–H and O–H groups in total. The number of nitrogens with zero attached hydrogens (tertiary/aromatic N) is 1. The van der Waals surface area contributed by atoms with Crippen molar-refractivity contribution >= 4 is 5.91 Å². The van der Waals surface area contributed by atoms with E-state index in [0.717, 1.165) is 0 Å². The lowest BCUT2D eigenvalue weighted by molar-refractivity contribution is 0.0815. The zero-order valence-corrected chi connectivity index (χ0v) is 11.8. The largest absolute Gasteiger partial charge is 0.394 e. The molecule has 1 aromatic rings. The number of aromatic amines is 1. The Morgan fingerprint density at radius 1 is 1.37 bits per heavy atom. The van der Waals surface area contributed by atoms with Crippen LogP contribution in [0.5, 0.6) is 0 Å². The molecule has 1 rings (SSSR count). The molecule has 19 heavy (non-hydrogen) atoms. The number of nitrogens with one attached hydrogen (secondary N) is 2. The normalized spacial score (nSPS) is 11.4. The highest BCUT2D eigenvalue weighted by atomic mass is 16.3. The maximum Gasteiger partial charge on any atom is 0.277 e. The van der Waals surface area contributed by atoms with Gasteiger partial charge in [-0.25, -0.2) is 5.10 Å². The minimum atomic E-state index is -0.687. The minimum Gasteiger partial charge on any atom is -0.394 e. The van der Waals surface area contributed by atoms with Gasteiger partial charge in [-0.1, -0.05) is 13.8 Å². The molecule has 0 aromatic carbocycles. The number of hydrogen-bond donors (Lipinski definition) is 3. The Morgan fingerprint density at radius 2 is 1.95 bits per heavy atom. The van der Waals surface area contributed by atoms with Crippen LogP contribution in [0, 0.1) is 13.8 Å². The maximum absolute atomic E-state index is 12.3. The van der Waals surface area contributed by atoms with Gasteiger partial charge in [-0.15, -0.1) is 0 Å². The number of aliphatic hydroxyl groups is 1. The number of rotatable bonds is 5. The highest BCUT2D eigenvalue weighted by Gasteiger charge is 2.29. The summed E-state index contributed by atoms with van der Waals surface area (Å²) in [5, 5.41) is 18.3. The summed E-state index contributed by atoms with van der Waals surface area (Å²) < 4.78 is 0. The molecule has 1 amide bonds. The second kappa shape index (κ2) is 5.97. The summed E-state index contributed by atoms with van der Waals surface area (Å²) >= 11 is 0. The molecule has 0 radical (unpaired) electrons. The summed E-state index contributed by atoms with van der Waals surface area (Å²) in [5.41, 5.74) is 0.0205. The first kappa shape index (κ1) is 15.4. The smallest absolute Gasteiger partial charge is 0.277 e. The van der Waals surface area contributed by atoms with Gasteiger partial charge in [-0.2, -0.15) is 5.10 Å². The topological polar surface area (TPSA) is 95.1 Å². The number of hydrogen-bond acceptors (Lipinski definition) is 4. The van der Waals surface area contributed by atoms with E-state index in [0.29, 0.717) is 24.1 Å². The average Bonchev–Trinajstić information content (AvgIpc) is 2.41. The fourth-order valence-electron chi connectivity index (χ4n) is 1.89. The fraction of sp³-hybridized carbons (Fsp3) is 0.615. The Labute approximate surface area is 112 Å². The van der Waals surface area contributed by atoms with Gasteiger partial charge < -0.3 is 10.4 Å². The van der Waals surface area contributed by atoms with Crippen molar-refractivity contribution in [2.75, 3.05) is 6.61 Å². The molecule has 1 aromatic heterocycles. The van der Waals surface area contributed by atoms with E-state index in [2.05, 4.69) is 15.5 Å². The molecule has 1 heterocycles. The lowest BCUT2D eigenvalue weighted by Gasteiger charge is -2.30. The van der Waals surface area contributed by atoms with Crippen molar-refractivity contribution in [3.05, 3.63) is 27.2 Å². The van der Waals surface area contributed by atoms with Crippen LogP contribution in [0.4, 0.5) is 0 Å². The molecule has 0 aliphatic heterocycles.